The summed E-state index contributed by atoms with van der Waals surface area (Å²) in [5.41, 5.74) is 0.836. The van der Waals surface area contributed by atoms with Gasteiger partial charge in [0.15, 0.2) is 0 Å². The van der Waals surface area contributed by atoms with Gasteiger partial charge >= 0.3 is 5.97 Å². The van der Waals surface area contributed by atoms with E-state index in [9.17, 15) is 4.79 Å². The largest absolute Gasteiger partial charge is 0.478 e. The minimum Gasteiger partial charge on any atom is -0.478 e. The molecule has 0 aliphatic heterocycles. The van der Waals surface area contributed by atoms with E-state index in [0.29, 0.717) is 0 Å². The molecule has 0 aliphatic carbocycles. The van der Waals surface area contributed by atoms with E-state index in [1.54, 1.807) is 24.5 Å². The van der Waals surface area contributed by atoms with Gasteiger partial charge in [0.2, 0.25) is 0 Å². The summed E-state index contributed by atoms with van der Waals surface area (Å²) in [6.07, 6.45) is 5.84. The van der Waals surface area contributed by atoms with Crippen LogP contribution in [0.25, 0.3) is 6.08 Å². The van der Waals surface area contributed by atoms with Crippen LogP contribution in [0.1, 0.15) is 5.56 Å². The van der Waals surface area contributed by atoms with Crippen LogP contribution < -0.4 is 0 Å². The van der Waals surface area contributed by atoms with E-state index in [1.807, 2.05) is 0 Å². The van der Waals surface area contributed by atoms with E-state index in [-0.39, 0.29) is 12.4 Å². The molecule has 12 heavy (non-hydrogen) atoms. The molecule has 0 aromatic carbocycles. The van der Waals surface area contributed by atoms with Crippen LogP contribution in [0.5, 0.6) is 0 Å². The summed E-state index contributed by atoms with van der Waals surface area (Å²) in [5, 5.41) is 8.27. The van der Waals surface area contributed by atoms with E-state index in [4.69, 9.17) is 5.11 Å². The third-order valence-electron chi connectivity index (χ3n) is 1.12. The minimum atomic E-state index is -0.943. The Balaban J connectivity index is 0.00000121. The van der Waals surface area contributed by atoms with Crippen molar-refractivity contribution in [3.63, 3.8) is 0 Å². The highest BCUT2D eigenvalue weighted by atomic mass is 35.5. The number of carbonyl (C=O) groups is 1. The van der Waals surface area contributed by atoms with Crippen molar-refractivity contribution in [2.45, 2.75) is 0 Å². The Morgan fingerprint density at radius 3 is 2.50 bits per heavy atom. The Hall–Kier alpha value is -1.35. The molecular formula is C8H8ClNO2. The van der Waals surface area contributed by atoms with Gasteiger partial charge in [0.05, 0.1) is 0 Å². The maximum atomic E-state index is 10.1. The summed E-state index contributed by atoms with van der Waals surface area (Å²) in [4.78, 5) is 13.9. The highest BCUT2D eigenvalue weighted by molar-refractivity contribution is 5.85. The third-order valence-corrected chi connectivity index (χ3v) is 1.12. The van der Waals surface area contributed by atoms with Crippen LogP contribution in [-0.4, -0.2) is 16.1 Å². The number of halogens is 1. The zero-order chi connectivity index (χ0) is 8.10. The molecule has 1 heterocycles. The molecule has 0 saturated heterocycles. The molecule has 0 saturated carbocycles. The first kappa shape index (κ1) is 10.7. The number of carboxylic acids is 1. The first-order valence-corrected chi connectivity index (χ1v) is 3.10. The molecule has 0 amide bonds. The summed E-state index contributed by atoms with van der Waals surface area (Å²) in [5.74, 6) is -0.943. The number of nitrogens with zero attached hydrogens (tertiary/aromatic N) is 1. The molecule has 1 aromatic heterocycles. The van der Waals surface area contributed by atoms with Gasteiger partial charge in [0.1, 0.15) is 0 Å². The first-order valence-electron chi connectivity index (χ1n) is 3.10. The average Bonchev–Trinajstić information content (AvgIpc) is 2.03. The second-order valence-electron chi connectivity index (χ2n) is 1.95. The zero-order valence-electron chi connectivity index (χ0n) is 6.18. The third kappa shape index (κ3) is 3.73. The molecule has 3 nitrogen and oxygen atoms in total. The van der Waals surface area contributed by atoms with Gasteiger partial charge in [-0.2, -0.15) is 0 Å². The van der Waals surface area contributed by atoms with Crippen molar-refractivity contribution in [2.24, 2.45) is 0 Å². The molecule has 0 aliphatic rings. The van der Waals surface area contributed by atoms with Crippen molar-refractivity contribution in [3.8, 4) is 0 Å². The van der Waals surface area contributed by atoms with Gasteiger partial charge in [-0.3, -0.25) is 4.98 Å². The lowest BCUT2D eigenvalue weighted by molar-refractivity contribution is -0.131. The fourth-order valence-electron chi connectivity index (χ4n) is 0.642. The summed E-state index contributed by atoms with van der Waals surface area (Å²) in [7, 11) is 0. The summed E-state index contributed by atoms with van der Waals surface area (Å²) < 4.78 is 0. The van der Waals surface area contributed by atoms with E-state index < -0.39 is 5.97 Å². The number of hydrogen-bond donors (Lipinski definition) is 1. The van der Waals surface area contributed by atoms with Gasteiger partial charge in [0.25, 0.3) is 0 Å². The number of rotatable bonds is 2. The van der Waals surface area contributed by atoms with Gasteiger partial charge in [-0.05, 0) is 23.8 Å². The highest BCUT2D eigenvalue weighted by Crippen LogP contribution is 1.97. The van der Waals surface area contributed by atoms with E-state index in [0.717, 1.165) is 11.6 Å². The molecule has 0 radical (unpaired) electrons. The summed E-state index contributed by atoms with van der Waals surface area (Å²) in [6, 6.07) is 3.47. The molecule has 1 aromatic rings. The van der Waals surface area contributed by atoms with Crippen molar-refractivity contribution >= 4 is 24.5 Å². The zero-order valence-corrected chi connectivity index (χ0v) is 6.99. The van der Waals surface area contributed by atoms with Crippen molar-refractivity contribution in [1.29, 1.82) is 0 Å². The van der Waals surface area contributed by atoms with Gasteiger partial charge < -0.3 is 5.11 Å². The maximum absolute atomic E-state index is 10.1. The van der Waals surface area contributed by atoms with E-state index in [2.05, 4.69) is 4.98 Å². The molecule has 1 rings (SSSR count). The second kappa shape index (κ2) is 5.32. The van der Waals surface area contributed by atoms with Crippen LogP contribution in [0.15, 0.2) is 30.6 Å². The molecule has 1 N–H and O–H groups in total. The van der Waals surface area contributed by atoms with E-state index in [1.165, 1.54) is 6.08 Å². The lowest BCUT2D eigenvalue weighted by Gasteiger charge is -1.87. The lowest BCUT2D eigenvalue weighted by atomic mass is 10.2. The smallest absolute Gasteiger partial charge is 0.328 e. The number of carboxylic acid groups (broad SMARTS) is 1. The monoisotopic (exact) mass is 185 g/mol. The minimum absolute atomic E-state index is 0. The fourth-order valence-corrected chi connectivity index (χ4v) is 0.642. The topological polar surface area (TPSA) is 50.2 Å². The maximum Gasteiger partial charge on any atom is 0.328 e. The molecule has 0 bridgehead atoms. The van der Waals surface area contributed by atoms with Crippen LogP contribution in [0.3, 0.4) is 0 Å². The van der Waals surface area contributed by atoms with Crippen molar-refractivity contribution in [2.75, 3.05) is 0 Å². The average molecular weight is 186 g/mol. The Kier molecular flexibility index (Phi) is 4.72. The second-order valence-corrected chi connectivity index (χ2v) is 1.95. The molecule has 64 valence electrons. The van der Waals surface area contributed by atoms with Crippen molar-refractivity contribution < 1.29 is 9.90 Å². The van der Waals surface area contributed by atoms with Gasteiger partial charge in [-0.1, -0.05) is 0 Å². The normalized spacial score (nSPS) is 9.33. The molecule has 0 unspecified atom stereocenters. The van der Waals surface area contributed by atoms with Crippen LogP contribution in [0, 0.1) is 0 Å². The van der Waals surface area contributed by atoms with Crippen molar-refractivity contribution in [1.82, 2.24) is 4.98 Å². The lowest BCUT2D eigenvalue weighted by Crippen LogP contribution is -1.85. The quantitative estimate of drug-likeness (QED) is 0.713. The Labute approximate surface area is 76.2 Å². The van der Waals surface area contributed by atoms with Crippen molar-refractivity contribution in [3.05, 3.63) is 36.2 Å². The van der Waals surface area contributed by atoms with Crippen LogP contribution >= 0.6 is 12.4 Å². The number of pyridine rings is 1. The molecule has 0 atom stereocenters. The number of aromatic nitrogens is 1. The molecule has 4 heteroatoms. The first-order chi connectivity index (χ1) is 5.29. The SMILES string of the molecule is Cl.O=C(O)C=Cc1ccncc1. The van der Waals surface area contributed by atoms with Crippen LogP contribution in [-0.2, 0) is 4.79 Å². The predicted molar refractivity (Wildman–Crippen MR) is 48.2 cm³/mol. The van der Waals surface area contributed by atoms with Crippen LogP contribution in [0.2, 0.25) is 0 Å². The fraction of sp³-hybridized carbons (Fsp3) is 0. The van der Waals surface area contributed by atoms with Gasteiger partial charge in [-0.25, -0.2) is 4.79 Å². The van der Waals surface area contributed by atoms with E-state index >= 15 is 0 Å². The summed E-state index contributed by atoms with van der Waals surface area (Å²) >= 11 is 0. The molecule has 0 fully saturated rings. The number of hydrogen-bond acceptors (Lipinski definition) is 2. The highest BCUT2D eigenvalue weighted by Gasteiger charge is 1.86. The molecule has 0 spiro atoms. The molecular weight excluding hydrogens is 178 g/mol. The standard InChI is InChI=1S/C8H7NO2.ClH/c10-8(11)2-1-7-3-5-9-6-4-7;/h1-6H,(H,10,11);1H. The van der Waals surface area contributed by atoms with Gasteiger partial charge in [0, 0.05) is 18.5 Å². The Bertz CT molecular complexity index is 272. The Morgan fingerprint density at radius 2 is 2.00 bits per heavy atom. The summed E-state index contributed by atoms with van der Waals surface area (Å²) in [6.45, 7) is 0. The Morgan fingerprint density at radius 1 is 1.42 bits per heavy atom. The predicted octanol–water partition coefficient (Wildman–Crippen LogP) is 1.60. The number of aliphatic carboxylic acids is 1. The van der Waals surface area contributed by atoms with Crippen LogP contribution in [0.4, 0.5) is 0 Å². The van der Waals surface area contributed by atoms with Gasteiger partial charge in [-0.15, -0.1) is 12.4 Å².